The first kappa shape index (κ1) is 13.1. The number of hydrogen-bond acceptors (Lipinski definition) is 4. The van der Waals surface area contributed by atoms with Crippen molar-refractivity contribution in [3.8, 4) is 5.75 Å². The molecule has 3 amide bonds. The van der Waals surface area contributed by atoms with Crippen LogP contribution in [0.15, 0.2) is 30.3 Å². The van der Waals surface area contributed by atoms with E-state index in [1.165, 1.54) is 20.0 Å². The van der Waals surface area contributed by atoms with Crippen LogP contribution in [0.3, 0.4) is 0 Å². The van der Waals surface area contributed by atoms with Crippen LogP contribution in [0.4, 0.5) is 0 Å². The molecule has 0 bridgehead atoms. The van der Waals surface area contributed by atoms with Crippen LogP contribution in [0.5, 0.6) is 5.75 Å². The van der Waals surface area contributed by atoms with E-state index in [4.69, 9.17) is 0 Å². The van der Waals surface area contributed by atoms with Gasteiger partial charge in [-0.05, 0) is 11.5 Å². The second-order valence-electron chi connectivity index (χ2n) is 4.83. The average molecular weight is 284 g/mol. The Kier molecular flexibility index (Phi) is 2.69. The number of amides is 3. The molecule has 3 rings (SSSR count). The van der Waals surface area contributed by atoms with Crippen molar-refractivity contribution in [1.29, 1.82) is 0 Å². The summed E-state index contributed by atoms with van der Waals surface area (Å²) in [7, 11) is 1.35. The lowest BCUT2D eigenvalue weighted by Gasteiger charge is -2.24. The van der Waals surface area contributed by atoms with Gasteiger partial charge in [0.2, 0.25) is 5.91 Å². The van der Waals surface area contributed by atoms with Crippen molar-refractivity contribution in [2.24, 2.45) is 0 Å². The van der Waals surface area contributed by atoms with Crippen molar-refractivity contribution in [2.75, 3.05) is 7.05 Å². The zero-order chi connectivity index (χ0) is 15.3. The molecular weight excluding hydrogens is 272 g/mol. The third-order valence-corrected chi connectivity index (χ3v) is 3.61. The van der Waals surface area contributed by atoms with Gasteiger partial charge in [0, 0.05) is 19.4 Å². The third-order valence-electron chi connectivity index (χ3n) is 3.61. The maximum Gasteiger partial charge on any atom is 0.281 e. The number of phenols is 1. The minimum absolute atomic E-state index is 0.0715. The molecule has 106 valence electrons. The van der Waals surface area contributed by atoms with Gasteiger partial charge in [0.25, 0.3) is 11.8 Å². The molecule has 0 atom stereocenters. The first-order chi connectivity index (χ1) is 9.93. The van der Waals surface area contributed by atoms with E-state index in [-0.39, 0.29) is 16.9 Å². The fourth-order valence-corrected chi connectivity index (χ4v) is 2.48. The quantitative estimate of drug-likeness (QED) is 0.806. The van der Waals surface area contributed by atoms with Gasteiger partial charge in [0.15, 0.2) is 0 Å². The minimum atomic E-state index is -0.617. The molecule has 1 aliphatic rings. The highest BCUT2D eigenvalue weighted by molar-refractivity contribution is 6.27. The number of imide groups is 1. The van der Waals surface area contributed by atoms with Gasteiger partial charge in [-0.15, -0.1) is 0 Å². The molecule has 0 aliphatic carbocycles. The summed E-state index contributed by atoms with van der Waals surface area (Å²) in [6.07, 6.45) is 0. The Balaban J connectivity index is 2.28. The van der Waals surface area contributed by atoms with Crippen LogP contribution < -0.4 is 0 Å². The van der Waals surface area contributed by atoms with Gasteiger partial charge in [-0.1, -0.05) is 24.3 Å². The SMILES string of the molecule is CC(=O)N(C)N1C(=O)c2cc(O)c3ccccc3c2C1=O. The summed E-state index contributed by atoms with van der Waals surface area (Å²) >= 11 is 0. The maximum absolute atomic E-state index is 12.5. The van der Waals surface area contributed by atoms with Crippen molar-refractivity contribution in [1.82, 2.24) is 10.0 Å². The molecule has 0 spiro atoms. The molecule has 2 aromatic carbocycles. The zero-order valence-corrected chi connectivity index (χ0v) is 11.5. The van der Waals surface area contributed by atoms with Gasteiger partial charge in [0.1, 0.15) is 5.75 Å². The number of phenolic OH excluding ortho intramolecular Hbond substituents is 1. The first-order valence-corrected chi connectivity index (χ1v) is 6.31. The summed E-state index contributed by atoms with van der Waals surface area (Å²) in [5, 5.41) is 12.8. The smallest absolute Gasteiger partial charge is 0.281 e. The predicted octanol–water partition coefficient (Wildman–Crippen LogP) is 1.53. The highest BCUT2D eigenvalue weighted by Crippen LogP contribution is 2.36. The molecule has 6 nitrogen and oxygen atoms in total. The summed E-state index contributed by atoms with van der Waals surface area (Å²) < 4.78 is 0. The van der Waals surface area contributed by atoms with Crippen LogP contribution in [0.25, 0.3) is 10.8 Å². The third kappa shape index (κ3) is 1.69. The number of nitrogens with zero attached hydrogens (tertiary/aromatic N) is 2. The number of carbonyl (C=O) groups excluding carboxylic acids is 3. The number of benzene rings is 2. The van der Waals surface area contributed by atoms with Crippen molar-refractivity contribution >= 4 is 28.5 Å². The molecule has 0 saturated carbocycles. The first-order valence-electron chi connectivity index (χ1n) is 6.31. The summed E-state index contributed by atoms with van der Waals surface area (Å²) in [6, 6.07) is 8.05. The average Bonchev–Trinajstić information content (AvgIpc) is 2.70. The Labute approximate surface area is 120 Å². The van der Waals surface area contributed by atoms with E-state index >= 15 is 0 Å². The van der Waals surface area contributed by atoms with Crippen molar-refractivity contribution in [3.63, 3.8) is 0 Å². The van der Waals surface area contributed by atoms with E-state index in [9.17, 15) is 19.5 Å². The molecule has 1 heterocycles. The highest BCUT2D eigenvalue weighted by atomic mass is 16.3. The Bertz CT molecular complexity index is 813. The number of rotatable bonds is 1. The number of carbonyl (C=O) groups is 3. The van der Waals surface area contributed by atoms with Gasteiger partial charge in [-0.2, -0.15) is 5.01 Å². The lowest BCUT2D eigenvalue weighted by Crippen LogP contribution is -2.46. The van der Waals surface area contributed by atoms with Gasteiger partial charge in [-0.3, -0.25) is 14.4 Å². The Morgan fingerprint density at radius 1 is 1.14 bits per heavy atom. The van der Waals surface area contributed by atoms with Crippen LogP contribution in [-0.2, 0) is 4.79 Å². The molecule has 0 saturated heterocycles. The summed E-state index contributed by atoms with van der Waals surface area (Å²) in [5.41, 5.74) is 0.311. The molecular formula is C15H12N2O4. The maximum atomic E-state index is 12.5. The Hall–Kier alpha value is -2.89. The monoisotopic (exact) mass is 284 g/mol. The number of aromatic hydroxyl groups is 1. The van der Waals surface area contributed by atoms with Gasteiger partial charge >= 0.3 is 0 Å². The fraction of sp³-hybridized carbons (Fsp3) is 0.133. The number of fused-ring (bicyclic) bond motifs is 3. The van der Waals surface area contributed by atoms with Crippen LogP contribution in [0.2, 0.25) is 0 Å². The lowest BCUT2D eigenvalue weighted by molar-refractivity contribution is -0.136. The normalized spacial score (nSPS) is 13.7. The molecule has 0 radical (unpaired) electrons. The standard InChI is InChI=1S/C15H12N2O4/c1-8(18)16(2)17-14(20)11-7-12(19)9-5-3-4-6-10(9)13(11)15(17)21/h3-7,19H,1-2H3. The fourth-order valence-electron chi connectivity index (χ4n) is 2.48. The Morgan fingerprint density at radius 3 is 2.38 bits per heavy atom. The molecule has 0 fully saturated rings. The van der Waals surface area contributed by atoms with E-state index in [1.54, 1.807) is 24.3 Å². The van der Waals surface area contributed by atoms with Gasteiger partial charge in [-0.25, -0.2) is 5.01 Å². The lowest BCUT2D eigenvalue weighted by atomic mass is 9.99. The zero-order valence-electron chi connectivity index (χ0n) is 11.5. The molecule has 2 aromatic rings. The number of hydrogen-bond donors (Lipinski definition) is 1. The van der Waals surface area contributed by atoms with Crippen molar-refractivity contribution < 1.29 is 19.5 Å². The summed E-state index contributed by atoms with van der Waals surface area (Å²) in [4.78, 5) is 36.3. The van der Waals surface area contributed by atoms with Gasteiger partial charge in [0.05, 0.1) is 11.1 Å². The Morgan fingerprint density at radius 2 is 1.76 bits per heavy atom. The predicted molar refractivity (Wildman–Crippen MR) is 74.6 cm³/mol. The molecule has 1 N–H and O–H groups in total. The topological polar surface area (TPSA) is 77.9 Å². The summed E-state index contributed by atoms with van der Waals surface area (Å²) in [6.45, 7) is 1.26. The molecule has 6 heteroatoms. The van der Waals surface area contributed by atoms with Crippen LogP contribution >= 0.6 is 0 Å². The molecule has 1 aliphatic heterocycles. The number of hydrazine groups is 1. The second kappa shape index (κ2) is 4.31. The van der Waals surface area contributed by atoms with Crippen LogP contribution in [0, 0.1) is 0 Å². The highest BCUT2D eigenvalue weighted by Gasteiger charge is 2.41. The van der Waals surface area contributed by atoms with Crippen LogP contribution in [0.1, 0.15) is 27.6 Å². The van der Waals surface area contributed by atoms with E-state index < -0.39 is 17.7 Å². The van der Waals surface area contributed by atoms with E-state index in [0.29, 0.717) is 10.8 Å². The van der Waals surface area contributed by atoms with E-state index in [2.05, 4.69) is 0 Å². The van der Waals surface area contributed by atoms with E-state index in [1.807, 2.05) is 0 Å². The van der Waals surface area contributed by atoms with Crippen LogP contribution in [-0.4, -0.2) is 39.9 Å². The summed E-state index contributed by atoms with van der Waals surface area (Å²) in [5.74, 6) is -1.69. The molecule has 21 heavy (non-hydrogen) atoms. The van der Waals surface area contributed by atoms with Crippen molar-refractivity contribution in [3.05, 3.63) is 41.5 Å². The molecule has 0 aromatic heterocycles. The van der Waals surface area contributed by atoms with E-state index in [0.717, 1.165) is 10.0 Å². The van der Waals surface area contributed by atoms with Crippen molar-refractivity contribution in [2.45, 2.75) is 6.92 Å². The second-order valence-corrected chi connectivity index (χ2v) is 4.83. The largest absolute Gasteiger partial charge is 0.507 e. The van der Waals surface area contributed by atoms with Gasteiger partial charge < -0.3 is 5.11 Å². The minimum Gasteiger partial charge on any atom is -0.507 e. The molecule has 0 unspecified atom stereocenters.